The summed E-state index contributed by atoms with van der Waals surface area (Å²) in [5.74, 6) is 0.658. The van der Waals surface area contributed by atoms with Crippen LogP contribution >= 0.6 is 0 Å². The van der Waals surface area contributed by atoms with Gasteiger partial charge in [-0.15, -0.1) is 0 Å². The molecular weight excluding hydrogens is 479 g/mol. The molecule has 0 unspecified atom stereocenters. The third-order valence-corrected chi connectivity index (χ3v) is 7.71. The molecule has 1 aliphatic rings. The van der Waals surface area contributed by atoms with Crippen molar-refractivity contribution in [3.8, 4) is 45.0 Å². The lowest BCUT2D eigenvalue weighted by molar-refractivity contribution is 0.00578. The summed E-state index contributed by atoms with van der Waals surface area (Å²) >= 11 is 0. The Balaban J connectivity index is 1.54. The monoisotopic (exact) mass is 510 g/mol. The van der Waals surface area contributed by atoms with Crippen LogP contribution in [0, 0.1) is 0 Å². The summed E-state index contributed by atoms with van der Waals surface area (Å²) in [4.78, 5) is 10.1. The lowest BCUT2D eigenvalue weighted by Crippen LogP contribution is -2.41. The van der Waals surface area contributed by atoms with Gasteiger partial charge in [-0.25, -0.2) is 9.97 Å². The molecule has 0 N–H and O–H groups in total. The minimum absolute atomic E-state index is 0.440. The van der Waals surface area contributed by atoms with E-state index in [2.05, 4.69) is 100 Å². The van der Waals surface area contributed by atoms with Crippen LogP contribution in [0.4, 0.5) is 0 Å². The summed E-state index contributed by atoms with van der Waals surface area (Å²) < 4.78 is 12.9. The Morgan fingerprint density at radius 2 is 0.923 bits per heavy atom. The Hall–Kier alpha value is -4.06. The number of aromatic nitrogens is 2. The van der Waals surface area contributed by atoms with Crippen LogP contribution in [0.15, 0.2) is 115 Å². The molecule has 1 aliphatic heterocycles. The summed E-state index contributed by atoms with van der Waals surface area (Å²) in [6.07, 6.45) is 0. The maximum Gasteiger partial charge on any atom is 0.494 e. The van der Waals surface area contributed by atoms with Crippen molar-refractivity contribution in [1.29, 1.82) is 0 Å². The van der Waals surface area contributed by atoms with Gasteiger partial charge in [-0.2, -0.15) is 0 Å². The topological polar surface area (TPSA) is 44.2 Å². The Kier molecular flexibility index (Phi) is 6.42. The zero-order chi connectivity index (χ0) is 27.0. The fourth-order valence-corrected chi connectivity index (χ4v) is 4.78. The first kappa shape index (κ1) is 25.2. The van der Waals surface area contributed by atoms with E-state index in [4.69, 9.17) is 19.3 Å². The van der Waals surface area contributed by atoms with Crippen molar-refractivity contribution in [3.05, 3.63) is 115 Å². The van der Waals surface area contributed by atoms with Gasteiger partial charge in [0.1, 0.15) is 0 Å². The van der Waals surface area contributed by atoms with Crippen LogP contribution in [0.5, 0.6) is 0 Å². The molecule has 1 fully saturated rings. The van der Waals surface area contributed by atoms with E-state index in [1.807, 2.05) is 42.5 Å². The molecule has 0 atom stereocenters. The highest BCUT2D eigenvalue weighted by Gasteiger charge is 2.51. The Labute approximate surface area is 230 Å². The lowest BCUT2D eigenvalue weighted by Gasteiger charge is -2.32. The van der Waals surface area contributed by atoms with E-state index in [1.165, 1.54) is 0 Å². The van der Waals surface area contributed by atoms with E-state index in [-0.39, 0.29) is 0 Å². The van der Waals surface area contributed by atoms with Crippen LogP contribution in [-0.4, -0.2) is 28.3 Å². The second-order valence-electron chi connectivity index (χ2n) is 11.0. The molecular formula is C34H31BN2O2. The Bertz CT molecular complexity index is 1530. The van der Waals surface area contributed by atoms with Crippen molar-refractivity contribution >= 4 is 12.6 Å². The molecule has 0 aliphatic carbocycles. The van der Waals surface area contributed by atoms with Crippen molar-refractivity contribution in [2.24, 2.45) is 0 Å². The van der Waals surface area contributed by atoms with Crippen molar-refractivity contribution in [2.45, 2.75) is 38.9 Å². The molecule has 39 heavy (non-hydrogen) atoms. The van der Waals surface area contributed by atoms with Crippen molar-refractivity contribution in [2.75, 3.05) is 0 Å². The molecule has 1 saturated heterocycles. The van der Waals surface area contributed by atoms with Gasteiger partial charge in [0.05, 0.1) is 22.6 Å². The van der Waals surface area contributed by atoms with Gasteiger partial charge in [0.2, 0.25) is 0 Å². The minimum atomic E-state index is -0.497. The van der Waals surface area contributed by atoms with E-state index in [9.17, 15) is 0 Å². The van der Waals surface area contributed by atoms with Gasteiger partial charge in [0.25, 0.3) is 0 Å². The van der Waals surface area contributed by atoms with E-state index in [0.29, 0.717) is 5.82 Å². The highest BCUT2D eigenvalue weighted by atomic mass is 16.7. The van der Waals surface area contributed by atoms with Gasteiger partial charge in [0.15, 0.2) is 5.82 Å². The van der Waals surface area contributed by atoms with E-state index >= 15 is 0 Å². The first-order chi connectivity index (χ1) is 18.8. The normalized spacial score (nSPS) is 15.8. The van der Waals surface area contributed by atoms with Crippen molar-refractivity contribution in [1.82, 2.24) is 9.97 Å². The summed E-state index contributed by atoms with van der Waals surface area (Å²) in [5.41, 5.74) is 7.00. The van der Waals surface area contributed by atoms with Crippen LogP contribution in [0.1, 0.15) is 27.7 Å². The molecule has 192 valence electrons. The summed E-state index contributed by atoms with van der Waals surface area (Å²) in [6.45, 7) is 8.31. The van der Waals surface area contributed by atoms with Gasteiger partial charge >= 0.3 is 7.12 Å². The van der Waals surface area contributed by atoms with Crippen LogP contribution in [0.3, 0.4) is 0 Å². The Morgan fingerprint density at radius 3 is 1.41 bits per heavy atom. The highest BCUT2D eigenvalue weighted by molar-refractivity contribution is 6.62. The second kappa shape index (κ2) is 9.92. The van der Waals surface area contributed by atoms with Gasteiger partial charge in [-0.3, -0.25) is 0 Å². The second-order valence-corrected chi connectivity index (χ2v) is 11.0. The molecule has 6 rings (SSSR count). The predicted octanol–water partition coefficient (Wildman–Crippen LogP) is 7.44. The SMILES string of the molecule is CC1(C)OB(c2cc(-c3ccccc3)cc(-c3nc(-c4ccccc4)cc(-c4ccccc4)n3)c2)OC1(C)C. The molecule has 4 nitrogen and oxygen atoms in total. The summed E-state index contributed by atoms with van der Waals surface area (Å²) in [5, 5.41) is 0. The minimum Gasteiger partial charge on any atom is -0.399 e. The summed E-state index contributed by atoms with van der Waals surface area (Å²) in [7, 11) is -0.497. The number of rotatable bonds is 5. The lowest BCUT2D eigenvalue weighted by atomic mass is 9.77. The molecule has 1 aromatic heterocycles. The third-order valence-electron chi connectivity index (χ3n) is 7.71. The molecule has 2 heterocycles. The average Bonchev–Trinajstić information content (AvgIpc) is 3.20. The fraction of sp³-hybridized carbons (Fsp3) is 0.176. The maximum absolute atomic E-state index is 6.45. The molecule has 5 aromatic rings. The highest BCUT2D eigenvalue weighted by Crippen LogP contribution is 2.37. The van der Waals surface area contributed by atoms with Crippen LogP contribution in [-0.2, 0) is 9.31 Å². The molecule has 0 radical (unpaired) electrons. The quantitative estimate of drug-likeness (QED) is 0.231. The number of nitrogens with zero attached hydrogens (tertiary/aromatic N) is 2. The van der Waals surface area contributed by atoms with Gasteiger partial charge < -0.3 is 9.31 Å². The van der Waals surface area contributed by atoms with Crippen LogP contribution < -0.4 is 5.46 Å². The molecule has 5 heteroatoms. The first-order valence-electron chi connectivity index (χ1n) is 13.4. The van der Waals surface area contributed by atoms with E-state index < -0.39 is 18.3 Å². The maximum atomic E-state index is 6.45. The largest absolute Gasteiger partial charge is 0.494 e. The zero-order valence-corrected chi connectivity index (χ0v) is 22.8. The van der Waals surface area contributed by atoms with Crippen molar-refractivity contribution < 1.29 is 9.31 Å². The molecule has 4 aromatic carbocycles. The Morgan fingerprint density at radius 1 is 0.487 bits per heavy atom. The van der Waals surface area contributed by atoms with Gasteiger partial charge in [-0.1, -0.05) is 103 Å². The average molecular weight is 510 g/mol. The number of hydrogen-bond acceptors (Lipinski definition) is 4. The molecule has 0 amide bonds. The van der Waals surface area contributed by atoms with Gasteiger partial charge in [-0.05, 0) is 56.4 Å². The smallest absolute Gasteiger partial charge is 0.399 e. The molecule has 0 bridgehead atoms. The zero-order valence-electron chi connectivity index (χ0n) is 22.8. The van der Waals surface area contributed by atoms with E-state index in [0.717, 1.165) is 44.7 Å². The standard InChI is InChI=1S/C34H31BN2O2/c1-33(2)34(3,4)39-35(38-33)29-21-27(24-14-8-5-9-15-24)20-28(22-29)32-36-30(25-16-10-6-11-17-25)23-31(37-32)26-18-12-7-13-19-26/h5-23H,1-4H3. The predicted molar refractivity (Wildman–Crippen MR) is 159 cm³/mol. The van der Waals surface area contributed by atoms with Crippen LogP contribution in [0.2, 0.25) is 0 Å². The number of hydrogen-bond donors (Lipinski definition) is 0. The van der Waals surface area contributed by atoms with Crippen molar-refractivity contribution in [3.63, 3.8) is 0 Å². The van der Waals surface area contributed by atoms with Crippen LogP contribution in [0.25, 0.3) is 45.0 Å². The molecule has 0 saturated carbocycles. The fourth-order valence-electron chi connectivity index (χ4n) is 4.78. The van der Waals surface area contributed by atoms with Gasteiger partial charge in [0, 0.05) is 16.7 Å². The number of benzene rings is 4. The third kappa shape index (κ3) is 5.03. The summed E-state index contributed by atoms with van der Waals surface area (Å²) in [6, 6.07) is 39.3. The molecule has 0 spiro atoms. The van der Waals surface area contributed by atoms with E-state index in [1.54, 1.807) is 0 Å². The first-order valence-corrected chi connectivity index (χ1v) is 13.4.